The minimum atomic E-state index is 0.0708. The number of rotatable bonds is 5. The van der Waals surface area contributed by atoms with Crippen LogP contribution < -0.4 is 4.74 Å². The summed E-state index contributed by atoms with van der Waals surface area (Å²) in [5.74, 6) is 0.844. The Kier molecular flexibility index (Phi) is 6.09. The van der Waals surface area contributed by atoms with Crippen LogP contribution >= 0.6 is 0 Å². The van der Waals surface area contributed by atoms with Gasteiger partial charge in [-0.25, -0.2) is 4.98 Å². The van der Waals surface area contributed by atoms with Crippen LogP contribution in [0.3, 0.4) is 0 Å². The summed E-state index contributed by atoms with van der Waals surface area (Å²) < 4.78 is 7.91. The van der Waals surface area contributed by atoms with Gasteiger partial charge in [0.2, 0.25) is 0 Å². The predicted octanol–water partition coefficient (Wildman–Crippen LogP) is 3.09. The van der Waals surface area contributed by atoms with E-state index in [1.54, 1.807) is 0 Å². The number of nitrogens with zero attached hydrogens (tertiary/aromatic N) is 5. The smallest absolute Gasteiger partial charge is 0.257 e. The second-order valence-electron chi connectivity index (χ2n) is 8.64. The Hall–Kier alpha value is -3.63. The minimum absolute atomic E-state index is 0.0708. The van der Waals surface area contributed by atoms with E-state index < -0.39 is 0 Å². The molecule has 0 radical (unpaired) electrons. The van der Waals surface area contributed by atoms with E-state index in [9.17, 15) is 4.79 Å². The summed E-state index contributed by atoms with van der Waals surface area (Å²) in [5.41, 5.74) is 4.78. The highest BCUT2D eigenvalue weighted by atomic mass is 16.5. The van der Waals surface area contributed by atoms with Crippen molar-refractivity contribution in [1.82, 2.24) is 19.4 Å². The number of carbonyl (C=O) groups excluding carboxylic acids is 1. The molecule has 3 heterocycles. The van der Waals surface area contributed by atoms with Crippen molar-refractivity contribution < 1.29 is 9.53 Å². The summed E-state index contributed by atoms with van der Waals surface area (Å²) in [4.78, 5) is 22.0. The molecule has 7 heteroatoms. The molecule has 0 N–H and O–H groups in total. The fourth-order valence-electron chi connectivity index (χ4n) is 4.62. The van der Waals surface area contributed by atoms with Gasteiger partial charge in [-0.15, -0.1) is 0 Å². The highest BCUT2D eigenvalue weighted by molar-refractivity contribution is 5.97. The SMILES string of the molecule is N#Cc1ccc(Cn2cncc2CN2CCCN(C(=O)c3cccc4c3OCC4)CC2)cc1. The molecule has 0 bridgehead atoms. The van der Waals surface area contributed by atoms with Crippen LogP contribution in [0.15, 0.2) is 55.0 Å². The first kappa shape index (κ1) is 21.2. The summed E-state index contributed by atoms with van der Waals surface area (Å²) in [6.07, 6.45) is 5.59. The van der Waals surface area contributed by atoms with E-state index in [4.69, 9.17) is 10.00 Å². The standard InChI is InChI=1S/C26H27N5O2/c27-15-20-5-7-21(8-6-20)17-31-19-28-16-23(31)18-29-10-2-11-30(13-12-29)26(32)24-4-1-3-22-9-14-33-25(22)24/h1,3-8,16,19H,2,9-14,17-18H2. The Morgan fingerprint density at radius 2 is 1.94 bits per heavy atom. The van der Waals surface area contributed by atoms with Gasteiger partial charge >= 0.3 is 0 Å². The normalized spacial score (nSPS) is 16.0. The van der Waals surface area contributed by atoms with Crippen molar-refractivity contribution in [3.63, 3.8) is 0 Å². The molecule has 0 spiro atoms. The largest absolute Gasteiger partial charge is 0.492 e. The van der Waals surface area contributed by atoms with Gasteiger partial charge in [-0.2, -0.15) is 5.26 Å². The van der Waals surface area contributed by atoms with Gasteiger partial charge in [-0.3, -0.25) is 9.69 Å². The van der Waals surface area contributed by atoms with E-state index in [1.807, 2.05) is 59.9 Å². The number of amides is 1. The molecule has 0 atom stereocenters. The summed E-state index contributed by atoms with van der Waals surface area (Å²) >= 11 is 0. The van der Waals surface area contributed by atoms with Crippen LogP contribution in [0.5, 0.6) is 5.75 Å². The van der Waals surface area contributed by atoms with Gasteiger partial charge in [0.15, 0.2) is 0 Å². The summed E-state index contributed by atoms with van der Waals surface area (Å²) in [6, 6.07) is 15.7. The number of ether oxygens (including phenoxy) is 1. The average molecular weight is 442 g/mol. The van der Waals surface area contributed by atoms with Crippen LogP contribution in [0, 0.1) is 11.3 Å². The van der Waals surface area contributed by atoms with Gasteiger partial charge in [-0.1, -0.05) is 24.3 Å². The van der Waals surface area contributed by atoms with Crippen LogP contribution in [0.1, 0.15) is 39.2 Å². The molecule has 0 saturated carbocycles. The van der Waals surface area contributed by atoms with Gasteiger partial charge in [0, 0.05) is 51.9 Å². The molecule has 1 amide bonds. The molecule has 2 aliphatic heterocycles. The average Bonchev–Trinajstić information content (AvgIpc) is 3.43. The number of para-hydroxylation sites is 1. The van der Waals surface area contributed by atoms with Crippen molar-refractivity contribution in [2.24, 2.45) is 0 Å². The van der Waals surface area contributed by atoms with Crippen molar-refractivity contribution in [3.8, 4) is 11.8 Å². The Balaban J connectivity index is 1.22. The van der Waals surface area contributed by atoms with Gasteiger partial charge in [0.25, 0.3) is 5.91 Å². The number of imidazole rings is 1. The second kappa shape index (κ2) is 9.47. The van der Waals surface area contributed by atoms with E-state index in [-0.39, 0.29) is 5.91 Å². The van der Waals surface area contributed by atoms with Crippen LogP contribution in [-0.2, 0) is 19.5 Å². The first-order valence-electron chi connectivity index (χ1n) is 11.5. The molecule has 1 fully saturated rings. The molecule has 0 unspecified atom stereocenters. The van der Waals surface area contributed by atoms with Crippen LogP contribution in [0.4, 0.5) is 0 Å². The van der Waals surface area contributed by atoms with E-state index in [1.165, 1.54) is 0 Å². The van der Waals surface area contributed by atoms with E-state index in [2.05, 4.69) is 20.5 Å². The van der Waals surface area contributed by atoms with Crippen LogP contribution in [-0.4, -0.2) is 58.0 Å². The fraction of sp³-hybridized carbons (Fsp3) is 0.346. The topological polar surface area (TPSA) is 74.4 Å². The summed E-state index contributed by atoms with van der Waals surface area (Å²) in [5, 5.41) is 8.99. The Labute approximate surface area is 193 Å². The molecule has 5 rings (SSSR count). The fourth-order valence-corrected chi connectivity index (χ4v) is 4.62. The quantitative estimate of drug-likeness (QED) is 0.608. The number of nitriles is 1. The molecule has 1 aromatic heterocycles. The third kappa shape index (κ3) is 4.62. The molecule has 1 saturated heterocycles. The van der Waals surface area contributed by atoms with Crippen molar-refractivity contribution >= 4 is 5.91 Å². The van der Waals surface area contributed by atoms with Crippen LogP contribution in [0.25, 0.3) is 0 Å². The Morgan fingerprint density at radius 1 is 1.06 bits per heavy atom. The maximum Gasteiger partial charge on any atom is 0.257 e. The molecular formula is C26H27N5O2. The molecule has 2 aromatic carbocycles. The maximum atomic E-state index is 13.2. The van der Waals surface area contributed by atoms with E-state index in [0.29, 0.717) is 24.3 Å². The lowest BCUT2D eigenvalue weighted by molar-refractivity contribution is 0.0757. The summed E-state index contributed by atoms with van der Waals surface area (Å²) in [7, 11) is 0. The number of hydrogen-bond acceptors (Lipinski definition) is 5. The molecular weight excluding hydrogens is 414 g/mol. The number of aromatic nitrogens is 2. The van der Waals surface area contributed by atoms with Crippen molar-refractivity contribution in [2.45, 2.75) is 25.9 Å². The number of hydrogen-bond donors (Lipinski definition) is 0. The molecule has 3 aromatic rings. The van der Waals surface area contributed by atoms with Gasteiger partial charge in [-0.05, 0) is 35.7 Å². The number of fused-ring (bicyclic) bond motifs is 1. The first-order chi connectivity index (χ1) is 16.2. The monoisotopic (exact) mass is 441 g/mol. The van der Waals surface area contributed by atoms with Crippen LogP contribution in [0.2, 0.25) is 0 Å². The first-order valence-corrected chi connectivity index (χ1v) is 11.5. The van der Waals surface area contributed by atoms with Crippen molar-refractivity contribution in [1.29, 1.82) is 5.26 Å². The van der Waals surface area contributed by atoms with Gasteiger partial charge < -0.3 is 14.2 Å². The summed E-state index contributed by atoms with van der Waals surface area (Å²) in [6.45, 7) is 5.39. The second-order valence-corrected chi connectivity index (χ2v) is 8.64. The lowest BCUT2D eigenvalue weighted by atomic mass is 10.1. The molecule has 2 aliphatic rings. The predicted molar refractivity (Wildman–Crippen MR) is 124 cm³/mol. The van der Waals surface area contributed by atoms with E-state index in [0.717, 1.165) is 68.1 Å². The highest BCUT2D eigenvalue weighted by Crippen LogP contribution is 2.30. The third-order valence-corrected chi connectivity index (χ3v) is 6.44. The van der Waals surface area contributed by atoms with Gasteiger partial charge in [0.05, 0.1) is 35.8 Å². The number of benzene rings is 2. The number of carbonyl (C=O) groups is 1. The minimum Gasteiger partial charge on any atom is -0.492 e. The highest BCUT2D eigenvalue weighted by Gasteiger charge is 2.26. The third-order valence-electron chi connectivity index (χ3n) is 6.44. The Bertz CT molecular complexity index is 1180. The zero-order valence-electron chi connectivity index (χ0n) is 18.6. The maximum absolute atomic E-state index is 13.2. The molecule has 0 aliphatic carbocycles. The van der Waals surface area contributed by atoms with Gasteiger partial charge in [0.1, 0.15) is 5.75 Å². The zero-order chi connectivity index (χ0) is 22.6. The molecule has 7 nitrogen and oxygen atoms in total. The molecule has 33 heavy (non-hydrogen) atoms. The Morgan fingerprint density at radius 3 is 2.79 bits per heavy atom. The lowest BCUT2D eigenvalue weighted by Crippen LogP contribution is -2.35. The van der Waals surface area contributed by atoms with Crippen molar-refractivity contribution in [2.75, 3.05) is 32.8 Å². The van der Waals surface area contributed by atoms with Crippen molar-refractivity contribution in [3.05, 3.63) is 82.9 Å². The molecule has 168 valence electrons. The van der Waals surface area contributed by atoms with E-state index >= 15 is 0 Å². The lowest BCUT2D eigenvalue weighted by Gasteiger charge is -2.23. The zero-order valence-corrected chi connectivity index (χ0v) is 18.6.